The number of benzene rings is 2. The van der Waals surface area contributed by atoms with Crippen LogP contribution in [0.5, 0.6) is 0 Å². The molecule has 3 heteroatoms. The van der Waals surface area contributed by atoms with Crippen LogP contribution in [0.3, 0.4) is 0 Å². The second kappa shape index (κ2) is 6.67. The van der Waals surface area contributed by atoms with Gasteiger partial charge in [-0.25, -0.2) is 0 Å². The highest BCUT2D eigenvalue weighted by Gasteiger charge is 2.22. The molecule has 1 unspecified atom stereocenters. The van der Waals surface area contributed by atoms with Crippen molar-refractivity contribution in [3.63, 3.8) is 0 Å². The highest BCUT2D eigenvalue weighted by Crippen LogP contribution is 2.22. The molecule has 1 atom stereocenters. The summed E-state index contributed by atoms with van der Waals surface area (Å²) in [6.45, 7) is 1.70. The Morgan fingerprint density at radius 2 is 1.77 bits per heavy atom. The van der Waals surface area contributed by atoms with E-state index >= 15 is 0 Å². The van der Waals surface area contributed by atoms with Crippen molar-refractivity contribution in [2.24, 2.45) is 0 Å². The molecule has 3 rings (SSSR count). The lowest BCUT2D eigenvalue weighted by Gasteiger charge is -2.22. The Morgan fingerprint density at radius 1 is 1.05 bits per heavy atom. The summed E-state index contributed by atoms with van der Waals surface area (Å²) in [4.78, 5) is 4.38. The Labute approximate surface area is 132 Å². The van der Waals surface area contributed by atoms with Gasteiger partial charge in [-0.2, -0.15) is 0 Å². The van der Waals surface area contributed by atoms with Crippen molar-refractivity contribution in [2.75, 3.05) is 37.0 Å². The number of para-hydroxylation sites is 1. The van der Waals surface area contributed by atoms with Gasteiger partial charge in [-0.15, -0.1) is 0 Å². The third-order valence-corrected chi connectivity index (χ3v) is 3.88. The first kappa shape index (κ1) is 14.7. The highest BCUT2D eigenvalue weighted by molar-refractivity contribution is 5.57. The summed E-state index contributed by atoms with van der Waals surface area (Å²) in [5.74, 6) is 0. The van der Waals surface area contributed by atoms with Crippen molar-refractivity contribution in [1.82, 2.24) is 0 Å². The zero-order chi connectivity index (χ0) is 15.4. The maximum absolute atomic E-state index is 5.83. The van der Waals surface area contributed by atoms with Gasteiger partial charge in [-0.1, -0.05) is 36.4 Å². The molecule has 1 heterocycles. The van der Waals surface area contributed by atoms with Crippen molar-refractivity contribution >= 4 is 17.5 Å². The average Bonchev–Trinajstić information content (AvgIpc) is 3.02. The summed E-state index contributed by atoms with van der Waals surface area (Å²) in [7, 11) is 4.10. The fourth-order valence-corrected chi connectivity index (χ4v) is 2.62. The van der Waals surface area contributed by atoms with E-state index in [1.54, 1.807) is 0 Å². The van der Waals surface area contributed by atoms with E-state index in [2.05, 4.69) is 84.6 Å². The minimum Gasteiger partial charge on any atom is -0.378 e. The molecule has 1 fully saturated rings. The quantitative estimate of drug-likeness (QED) is 0.856. The van der Waals surface area contributed by atoms with Crippen LogP contribution < -0.4 is 9.80 Å². The van der Waals surface area contributed by atoms with Crippen LogP contribution in [0.4, 0.5) is 11.4 Å². The molecule has 0 N–H and O–H groups in total. The smallest absolute Gasteiger partial charge is 0.149 e. The molecule has 1 aliphatic heterocycles. The van der Waals surface area contributed by atoms with Gasteiger partial charge in [0.25, 0.3) is 0 Å². The third-order valence-electron chi connectivity index (χ3n) is 3.88. The zero-order valence-electron chi connectivity index (χ0n) is 13.1. The number of ether oxygens (including phenoxy) is 1. The van der Waals surface area contributed by atoms with E-state index in [0.29, 0.717) is 0 Å². The Balaban J connectivity index is 1.71. The zero-order valence-corrected chi connectivity index (χ0v) is 13.1. The third kappa shape index (κ3) is 3.31. The average molecular weight is 294 g/mol. The van der Waals surface area contributed by atoms with Crippen LogP contribution in [0.1, 0.15) is 5.56 Å². The number of rotatable bonds is 4. The van der Waals surface area contributed by atoms with Crippen LogP contribution in [0.2, 0.25) is 0 Å². The standard InChI is InChI=1S/C19H22N2O/c1-20(2)17-11-8-16(9-12-17)10-13-19-21(14-15-22-19)18-6-4-3-5-7-18/h3-13,19H,14-15H2,1-2H3. The van der Waals surface area contributed by atoms with E-state index in [1.807, 2.05) is 6.07 Å². The Bertz CT molecular complexity index is 620. The van der Waals surface area contributed by atoms with Crippen LogP contribution in [-0.4, -0.2) is 33.5 Å². The van der Waals surface area contributed by atoms with Gasteiger partial charge in [-0.3, -0.25) is 0 Å². The number of nitrogens with zero attached hydrogens (tertiary/aromatic N) is 2. The van der Waals surface area contributed by atoms with E-state index in [0.717, 1.165) is 13.2 Å². The first-order valence-electron chi connectivity index (χ1n) is 7.63. The second-order valence-electron chi connectivity index (χ2n) is 5.64. The second-order valence-corrected chi connectivity index (χ2v) is 5.64. The number of hydrogen-bond acceptors (Lipinski definition) is 3. The first-order valence-corrected chi connectivity index (χ1v) is 7.63. The summed E-state index contributed by atoms with van der Waals surface area (Å²) >= 11 is 0. The molecular weight excluding hydrogens is 272 g/mol. The predicted molar refractivity (Wildman–Crippen MR) is 93.3 cm³/mol. The maximum atomic E-state index is 5.83. The molecule has 0 radical (unpaired) electrons. The normalized spacial score (nSPS) is 18.1. The molecule has 0 amide bonds. The lowest BCUT2D eigenvalue weighted by molar-refractivity contribution is 0.148. The van der Waals surface area contributed by atoms with Crippen LogP contribution >= 0.6 is 0 Å². The van der Waals surface area contributed by atoms with Crippen molar-refractivity contribution in [3.8, 4) is 0 Å². The molecule has 114 valence electrons. The molecule has 2 aromatic rings. The summed E-state index contributed by atoms with van der Waals surface area (Å²) in [6, 6.07) is 18.9. The number of hydrogen-bond donors (Lipinski definition) is 0. The SMILES string of the molecule is CN(C)c1ccc(C=CC2OCCN2c2ccccc2)cc1. The van der Waals surface area contributed by atoms with Crippen LogP contribution in [-0.2, 0) is 4.74 Å². The molecule has 22 heavy (non-hydrogen) atoms. The van der Waals surface area contributed by atoms with E-state index < -0.39 is 0 Å². The lowest BCUT2D eigenvalue weighted by Crippen LogP contribution is -2.28. The van der Waals surface area contributed by atoms with E-state index in [1.165, 1.54) is 16.9 Å². The van der Waals surface area contributed by atoms with E-state index in [9.17, 15) is 0 Å². The van der Waals surface area contributed by atoms with Gasteiger partial charge < -0.3 is 14.5 Å². The van der Waals surface area contributed by atoms with Gasteiger partial charge in [0.1, 0.15) is 6.23 Å². The van der Waals surface area contributed by atoms with Gasteiger partial charge in [0.15, 0.2) is 0 Å². The largest absolute Gasteiger partial charge is 0.378 e. The first-order chi connectivity index (χ1) is 10.7. The van der Waals surface area contributed by atoms with Crippen molar-refractivity contribution in [2.45, 2.75) is 6.23 Å². The minimum atomic E-state index is 0.0101. The predicted octanol–water partition coefficient (Wildman–Crippen LogP) is 3.63. The molecular formula is C19H22N2O. The van der Waals surface area contributed by atoms with Gasteiger partial charge in [0, 0.05) is 32.0 Å². The Morgan fingerprint density at radius 3 is 2.45 bits per heavy atom. The minimum absolute atomic E-state index is 0.0101. The summed E-state index contributed by atoms with van der Waals surface area (Å²) in [6.07, 6.45) is 4.27. The molecule has 0 spiro atoms. The van der Waals surface area contributed by atoms with Crippen LogP contribution in [0, 0.1) is 0 Å². The maximum Gasteiger partial charge on any atom is 0.149 e. The molecule has 0 aromatic heterocycles. The van der Waals surface area contributed by atoms with Crippen LogP contribution in [0.25, 0.3) is 6.08 Å². The molecule has 1 aliphatic rings. The summed E-state index contributed by atoms with van der Waals surface area (Å²) in [5.41, 5.74) is 3.60. The fraction of sp³-hybridized carbons (Fsp3) is 0.263. The molecule has 0 bridgehead atoms. The van der Waals surface area contributed by atoms with E-state index in [-0.39, 0.29) is 6.23 Å². The number of anilines is 2. The molecule has 3 nitrogen and oxygen atoms in total. The van der Waals surface area contributed by atoms with Crippen molar-refractivity contribution in [3.05, 3.63) is 66.2 Å². The molecule has 0 aliphatic carbocycles. The Kier molecular flexibility index (Phi) is 4.45. The van der Waals surface area contributed by atoms with Gasteiger partial charge in [0.05, 0.1) is 6.61 Å². The van der Waals surface area contributed by atoms with E-state index in [4.69, 9.17) is 4.74 Å². The van der Waals surface area contributed by atoms with Crippen LogP contribution in [0.15, 0.2) is 60.7 Å². The van der Waals surface area contributed by atoms with Gasteiger partial charge in [0.2, 0.25) is 0 Å². The van der Waals surface area contributed by atoms with Crippen molar-refractivity contribution < 1.29 is 4.74 Å². The topological polar surface area (TPSA) is 15.7 Å². The highest BCUT2D eigenvalue weighted by atomic mass is 16.5. The van der Waals surface area contributed by atoms with Gasteiger partial charge >= 0.3 is 0 Å². The molecule has 0 saturated carbocycles. The fourth-order valence-electron chi connectivity index (χ4n) is 2.62. The van der Waals surface area contributed by atoms with Gasteiger partial charge in [-0.05, 0) is 35.9 Å². The monoisotopic (exact) mass is 294 g/mol. The van der Waals surface area contributed by atoms with Crippen molar-refractivity contribution in [1.29, 1.82) is 0 Å². The lowest BCUT2D eigenvalue weighted by atomic mass is 10.2. The summed E-state index contributed by atoms with van der Waals surface area (Å²) in [5, 5.41) is 0. The molecule has 1 saturated heterocycles. The Hall–Kier alpha value is -2.26. The summed E-state index contributed by atoms with van der Waals surface area (Å²) < 4.78 is 5.83. The molecule has 2 aromatic carbocycles.